The van der Waals surface area contributed by atoms with Gasteiger partial charge in [-0.15, -0.1) is 5.10 Å². The van der Waals surface area contributed by atoms with Crippen LogP contribution in [-0.2, 0) is 0 Å². The number of anilines is 1. The Morgan fingerprint density at radius 3 is 2.61 bits per heavy atom. The summed E-state index contributed by atoms with van der Waals surface area (Å²) >= 11 is 0. The fourth-order valence-corrected chi connectivity index (χ4v) is 4.36. The lowest BCUT2D eigenvalue weighted by Gasteiger charge is -2.21. The first-order valence-electron chi connectivity index (χ1n) is 11.5. The quantitative estimate of drug-likeness (QED) is 0.351. The van der Waals surface area contributed by atoms with E-state index in [2.05, 4.69) is 15.4 Å². The number of para-hydroxylation sites is 1. The molecule has 3 N–H and O–H groups in total. The van der Waals surface area contributed by atoms with Crippen molar-refractivity contribution in [2.24, 2.45) is 0 Å². The molecule has 0 unspecified atom stereocenters. The largest absolute Gasteiger partial charge is 0.409 e. The van der Waals surface area contributed by atoms with E-state index < -0.39 is 23.7 Å². The van der Waals surface area contributed by atoms with Gasteiger partial charge in [0.25, 0.3) is 11.5 Å². The number of hydrogen-bond acceptors (Lipinski definition) is 5. The lowest BCUT2D eigenvalue weighted by molar-refractivity contribution is -0.0790. The summed E-state index contributed by atoms with van der Waals surface area (Å²) in [5, 5.41) is 7.52. The highest BCUT2D eigenvalue weighted by Crippen LogP contribution is 2.26. The SMILES string of the molecule is C[C@@H](NC(=O)c1c(N)nn2cccnc12)c1cc2cccc(/C=C/C(F)(F)F)c2c(=O)n1-c1ccccc1. The zero-order chi connectivity index (χ0) is 27.0. The maximum atomic E-state index is 13.8. The molecule has 0 fully saturated rings. The van der Waals surface area contributed by atoms with Crippen LogP contribution in [0.5, 0.6) is 0 Å². The monoisotopic (exact) mass is 518 g/mol. The molecule has 8 nitrogen and oxygen atoms in total. The zero-order valence-corrected chi connectivity index (χ0v) is 20.0. The van der Waals surface area contributed by atoms with Crippen molar-refractivity contribution in [3.63, 3.8) is 0 Å². The van der Waals surface area contributed by atoms with E-state index in [4.69, 9.17) is 5.73 Å². The van der Waals surface area contributed by atoms with Gasteiger partial charge in [0.15, 0.2) is 11.5 Å². The van der Waals surface area contributed by atoms with Crippen LogP contribution in [0.2, 0.25) is 0 Å². The van der Waals surface area contributed by atoms with Crippen LogP contribution in [0.1, 0.15) is 34.6 Å². The Balaban J connectivity index is 1.65. The van der Waals surface area contributed by atoms with Gasteiger partial charge in [0, 0.05) is 29.9 Å². The van der Waals surface area contributed by atoms with Crippen LogP contribution in [0.25, 0.3) is 28.2 Å². The van der Waals surface area contributed by atoms with Gasteiger partial charge in [-0.3, -0.25) is 14.2 Å². The van der Waals surface area contributed by atoms with Gasteiger partial charge >= 0.3 is 6.18 Å². The Hall–Kier alpha value is -4.93. The number of nitrogens with zero attached hydrogens (tertiary/aromatic N) is 4. The van der Waals surface area contributed by atoms with Crippen molar-refractivity contribution in [1.29, 1.82) is 0 Å². The van der Waals surface area contributed by atoms with Crippen molar-refractivity contribution >= 4 is 34.2 Å². The van der Waals surface area contributed by atoms with Crippen molar-refractivity contribution in [2.45, 2.75) is 19.1 Å². The third kappa shape index (κ3) is 4.61. The van der Waals surface area contributed by atoms with E-state index in [0.29, 0.717) is 16.8 Å². The number of benzene rings is 2. The summed E-state index contributed by atoms with van der Waals surface area (Å²) < 4.78 is 41.4. The molecule has 11 heteroatoms. The highest BCUT2D eigenvalue weighted by molar-refractivity contribution is 6.04. The molecule has 0 saturated heterocycles. The second-order valence-electron chi connectivity index (χ2n) is 8.57. The predicted molar refractivity (Wildman–Crippen MR) is 138 cm³/mol. The highest BCUT2D eigenvalue weighted by Gasteiger charge is 2.25. The highest BCUT2D eigenvalue weighted by atomic mass is 19.4. The number of hydrogen-bond donors (Lipinski definition) is 2. The Labute approximate surface area is 213 Å². The molecule has 3 aromatic heterocycles. The van der Waals surface area contributed by atoms with E-state index in [9.17, 15) is 22.8 Å². The number of aromatic nitrogens is 4. The zero-order valence-electron chi connectivity index (χ0n) is 20.0. The molecule has 0 aliphatic carbocycles. The minimum absolute atomic E-state index is 0.00606. The fourth-order valence-electron chi connectivity index (χ4n) is 4.36. The lowest BCUT2D eigenvalue weighted by Crippen LogP contribution is -2.32. The number of nitrogens with two attached hydrogens (primary N) is 1. The molecule has 1 atom stereocenters. The smallest absolute Gasteiger partial charge is 0.381 e. The van der Waals surface area contributed by atoms with Crippen LogP contribution in [0.3, 0.4) is 0 Å². The van der Waals surface area contributed by atoms with E-state index in [0.717, 1.165) is 6.08 Å². The average Bonchev–Trinajstić information content (AvgIpc) is 3.23. The van der Waals surface area contributed by atoms with Gasteiger partial charge in [0.2, 0.25) is 0 Å². The van der Waals surface area contributed by atoms with Crippen LogP contribution in [-0.4, -0.2) is 31.2 Å². The molecule has 192 valence electrons. The molecular weight excluding hydrogens is 497 g/mol. The molecule has 1 amide bonds. The van der Waals surface area contributed by atoms with E-state index >= 15 is 0 Å². The van der Waals surface area contributed by atoms with Crippen molar-refractivity contribution in [3.05, 3.63) is 106 Å². The third-order valence-corrected chi connectivity index (χ3v) is 6.01. The van der Waals surface area contributed by atoms with E-state index in [1.165, 1.54) is 21.3 Å². The Bertz CT molecular complexity index is 1760. The average molecular weight is 518 g/mol. The van der Waals surface area contributed by atoms with Crippen LogP contribution in [0.4, 0.5) is 19.0 Å². The molecular formula is C27H21F3N6O2. The lowest BCUT2D eigenvalue weighted by atomic mass is 10.0. The molecule has 2 aromatic carbocycles. The van der Waals surface area contributed by atoms with Gasteiger partial charge in [-0.2, -0.15) is 13.2 Å². The van der Waals surface area contributed by atoms with Crippen LogP contribution < -0.4 is 16.6 Å². The molecule has 5 rings (SSSR count). The number of fused-ring (bicyclic) bond motifs is 2. The molecule has 38 heavy (non-hydrogen) atoms. The van der Waals surface area contributed by atoms with Crippen LogP contribution >= 0.6 is 0 Å². The normalized spacial score (nSPS) is 12.8. The number of rotatable bonds is 5. The number of amides is 1. The van der Waals surface area contributed by atoms with Gasteiger partial charge < -0.3 is 11.1 Å². The van der Waals surface area contributed by atoms with Gasteiger partial charge in [0.05, 0.1) is 11.4 Å². The molecule has 0 aliphatic rings. The maximum Gasteiger partial charge on any atom is 0.409 e. The first kappa shape index (κ1) is 24.8. The number of alkyl halides is 3. The van der Waals surface area contributed by atoms with Gasteiger partial charge in [-0.1, -0.05) is 36.4 Å². The number of carbonyl (C=O) groups is 1. The molecule has 0 radical (unpaired) electrons. The first-order valence-corrected chi connectivity index (χ1v) is 11.5. The Morgan fingerprint density at radius 2 is 1.87 bits per heavy atom. The molecule has 5 aromatic rings. The molecule has 0 saturated carbocycles. The molecule has 3 heterocycles. The Morgan fingerprint density at radius 1 is 1.11 bits per heavy atom. The molecule has 0 spiro atoms. The second kappa shape index (κ2) is 9.51. The summed E-state index contributed by atoms with van der Waals surface area (Å²) in [7, 11) is 0. The number of allylic oxidation sites excluding steroid dienone is 1. The van der Waals surface area contributed by atoms with E-state index in [1.807, 2.05) is 0 Å². The maximum absolute atomic E-state index is 13.8. The van der Waals surface area contributed by atoms with E-state index in [-0.39, 0.29) is 34.1 Å². The summed E-state index contributed by atoms with van der Waals surface area (Å²) in [6.07, 6.45) is -0.434. The summed E-state index contributed by atoms with van der Waals surface area (Å²) in [4.78, 5) is 31.3. The summed E-state index contributed by atoms with van der Waals surface area (Å²) in [6, 6.07) is 15.9. The van der Waals surface area contributed by atoms with Gasteiger partial charge in [-0.05, 0) is 48.2 Å². The standard InChI is InChI=1S/C27H21F3N6O2/c1-16(33-25(37)22-23(31)34-35-14-6-13-32-24(22)35)20-15-18-8-5-7-17(11-12-27(28,29)30)21(18)26(38)36(20)19-9-3-2-4-10-19/h2-16H,1H3,(H2,31,34)(H,33,37)/b12-11+/t16-/m1/s1. The summed E-state index contributed by atoms with van der Waals surface area (Å²) in [5.41, 5.74) is 6.86. The van der Waals surface area contributed by atoms with Gasteiger partial charge in [0.1, 0.15) is 5.56 Å². The van der Waals surface area contributed by atoms with Crippen LogP contribution in [0, 0.1) is 0 Å². The number of pyridine rings is 1. The summed E-state index contributed by atoms with van der Waals surface area (Å²) in [5.74, 6) is -0.550. The van der Waals surface area contributed by atoms with Gasteiger partial charge in [-0.25, -0.2) is 9.50 Å². The topological polar surface area (TPSA) is 107 Å². The molecule has 0 bridgehead atoms. The Kier molecular flexibility index (Phi) is 6.19. The van der Waals surface area contributed by atoms with Crippen molar-refractivity contribution in [3.8, 4) is 5.69 Å². The fraction of sp³-hybridized carbons (Fsp3) is 0.111. The minimum Gasteiger partial charge on any atom is -0.381 e. The number of nitrogen functional groups attached to an aromatic ring is 1. The van der Waals surface area contributed by atoms with Crippen molar-refractivity contribution in [2.75, 3.05) is 5.73 Å². The van der Waals surface area contributed by atoms with E-state index in [1.54, 1.807) is 67.7 Å². The number of halogens is 3. The first-order chi connectivity index (χ1) is 18.1. The third-order valence-electron chi connectivity index (χ3n) is 6.01. The second-order valence-corrected chi connectivity index (χ2v) is 8.57. The predicted octanol–water partition coefficient (Wildman–Crippen LogP) is 4.68. The number of nitrogens with one attached hydrogen (secondary N) is 1. The van der Waals surface area contributed by atoms with Crippen molar-refractivity contribution in [1.82, 2.24) is 24.5 Å². The number of carbonyl (C=O) groups excluding carboxylic acids is 1. The minimum atomic E-state index is -4.53. The summed E-state index contributed by atoms with van der Waals surface area (Å²) in [6.45, 7) is 1.70. The van der Waals surface area contributed by atoms with Crippen molar-refractivity contribution < 1.29 is 18.0 Å². The molecule has 0 aliphatic heterocycles. The van der Waals surface area contributed by atoms with Crippen LogP contribution in [0.15, 0.2) is 83.9 Å².